The SMILES string of the molecule is CC[NH+](CC)CCN1C(=O)C(=O)/C(=C(/[O-])c2ccccc2)C1c1ccc(O)c(OC)c1. The van der Waals surface area contributed by atoms with Crippen molar-refractivity contribution in [1.29, 1.82) is 0 Å². The second-order valence-electron chi connectivity index (χ2n) is 7.48. The predicted octanol–water partition coefficient (Wildman–Crippen LogP) is 0.550. The average molecular weight is 424 g/mol. The Labute approximate surface area is 182 Å². The maximum atomic E-state index is 13.3. The van der Waals surface area contributed by atoms with E-state index in [4.69, 9.17) is 4.74 Å². The summed E-state index contributed by atoms with van der Waals surface area (Å²) in [5, 5.41) is 23.3. The first-order valence-electron chi connectivity index (χ1n) is 10.4. The summed E-state index contributed by atoms with van der Waals surface area (Å²) in [7, 11) is 1.42. The van der Waals surface area contributed by atoms with Crippen LogP contribution in [-0.2, 0) is 9.59 Å². The van der Waals surface area contributed by atoms with E-state index in [2.05, 4.69) is 13.8 Å². The van der Waals surface area contributed by atoms with Gasteiger partial charge in [0.1, 0.15) is 0 Å². The Balaban J connectivity index is 2.13. The molecular formula is C24H28N2O5. The van der Waals surface area contributed by atoms with Gasteiger partial charge in [-0.3, -0.25) is 9.59 Å². The van der Waals surface area contributed by atoms with Gasteiger partial charge in [0.2, 0.25) is 5.78 Å². The van der Waals surface area contributed by atoms with Gasteiger partial charge in [0.05, 0.1) is 39.3 Å². The van der Waals surface area contributed by atoms with Crippen molar-refractivity contribution < 1.29 is 29.4 Å². The number of amides is 1. The number of benzene rings is 2. The van der Waals surface area contributed by atoms with Gasteiger partial charge in [-0.2, -0.15) is 0 Å². The number of likely N-dealkylation sites (N-methyl/N-ethyl adjacent to an activating group) is 1. The summed E-state index contributed by atoms with van der Waals surface area (Å²) in [6, 6.07) is 12.3. The van der Waals surface area contributed by atoms with E-state index in [1.807, 2.05) is 0 Å². The quantitative estimate of drug-likeness (QED) is 0.367. The highest BCUT2D eigenvalue weighted by molar-refractivity contribution is 6.46. The Morgan fingerprint density at radius 1 is 1.13 bits per heavy atom. The summed E-state index contributed by atoms with van der Waals surface area (Å²) in [4.78, 5) is 28.7. The lowest BCUT2D eigenvalue weighted by Gasteiger charge is -2.28. The summed E-state index contributed by atoms with van der Waals surface area (Å²) in [6.45, 7) is 6.90. The Bertz CT molecular complexity index is 983. The summed E-state index contributed by atoms with van der Waals surface area (Å²) < 4.78 is 5.21. The number of carbonyl (C=O) groups is 2. The third kappa shape index (κ3) is 4.41. The molecule has 31 heavy (non-hydrogen) atoms. The smallest absolute Gasteiger partial charge is 0.295 e. The number of hydrogen-bond acceptors (Lipinski definition) is 5. The van der Waals surface area contributed by atoms with Gasteiger partial charge in [-0.25, -0.2) is 0 Å². The van der Waals surface area contributed by atoms with E-state index in [9.17, 15) is 19.8 Å². The fraction of sp³-hybridized carbons (Fsp3) is 0.333. The molecule has 0 aromatic heterocycles. The number of Topliss-reactive ketones (excluding diaryl/α,β-unsaturated/α-hetero) is 1. The molecule has 164 valence electrons. The minimum absolute atomic E-state index is 0.0584. The summed E-state index contributed by atoms with van der Waals surface area (Å²) in [5.74, 6) is -1.76. The molecule has 3 rings (SSSR count). The molecule has 1 fully saturated rings. The van der Waals surface area contributed by atoms with Crippen molar-refractivity contribution >= 4 is 17.4 Å². The van der Waals surface area contributed by atoms with Crippen LogP contribution in [0.4, 0.5) is 0 Å². The Morgan fingerprint density at radius 2 is 1.81 bits per heavy atom. The lowest BCUT2D eigenvalue weighted by Crippen LogP contribution is -3.12. The molecule has 7 heteroatoms. The lowest BCUT2D eigenvalue weighted by atomic mass is 9.95. The standard InChI is InChI=1S/C24H28N2O5/c1-4-25(5-2)13-14-26-21(17-11-12-18(27)19(15-17)31-3)20(23(29)24(26)30)22(28)16-9-7-6-8-10-16/h6-12,15,21,27-28H,4-5,13-14H2,1-3H3/b22-20+. The fourth-order valence-electron chi connectivity index (χ4n) is 3.94. The molecule has 1 saturated heterocycles. The second-order valence-corrected chi connectivity index (χ2v) is 7.48. The third-order valence-electron chi connectivity index (χ3n) is 5.79. The molecule has 0 aliphatic carbocycles. The molecule has 0 spiro atoms. The number of phenols is 1. The lowest BCUT2D eigenvalue weighted by molar-refractivity contribution is -0.895. The third-order valence-corrected chi connectivity index (χ3v) is 5.79. The monoisotopic (exact) mass is 424 g/mol. The van der Waals surface area contributed by atoms with E-state index in [0.717, 1.165) is 13.1 Å². The van der Waals surface area contributed by atoms with Crippen molar-refractivity contribution in [3.05, 3.63) is 65.2 Å². The van der Waals surface area contributed by atoms with Crippen LogP contribution < -0.4 is 14.7 Å². The number of methoxy groups -OCH3 is 1. The highest BCUT2D eigenvalue weighted by Crippen LogP contribution is 2.40. The minimum Gasteiger partial charge on any atom is -0.872 e. The molecule has 0 bridgehead atoms. The summed E-state index contributed by atoms with van der Waals surface area (Å²) in [5.41, 5.74) is 0.826. The number of nitrogens with one attached hydrogen (secondary N) is 1. The molecule has 1 heterocycles. The molecule has 7 nitrogen and oxygen atoms in total. The first kappa shape index (κ1) is 22.4. The molecule has 1 amide bonds. The normalized spacial score (nSPS) is 18.1. The maximum Gasteiger partial charge on any atom is 0.295 e. The number of aromatic hydroxyl groups is 1. The van der Waals surface area contributed by atoms with Crippen LogP contribution in [0.25, 0.3) is 5.76 Å². The van der Waals surface area contributed by atoms with Crippen molar-refractivity contribution in [2.24, 2.45) is 0 Å². The molecule has 1 aliphatic heterocycles. The van der Waals surface area contributed by atoms with Gasteiger partial charge in [0.25, 0.3) is 5.91 Å². The predicted molar refractivity (Wildman–Crippen MR) is 114 cm³/mol. The zero-order valence-corrected chi connectivity index (χ0v) is 18.1. The van der Waals surface area contributed by atoms with E-state index in [-0.39, 0.29) is 17.1 Å². The first-order valence-corrected chi connectivity index (χ1v) is 10.4. The zero-order valence-electron chi connectivity index (χ0n) is 18.1. The van der Waals surface area contributed by atoms with Gasteiger partial charge < -0.3 is 24.7 Å². The van der Waals surface area contributed by atoms with Crippen molar-refractivity contribution in [2.45, 2.75) is 19.9 Å². The van der Waals surface area contributed by atoms with Crippen molar-refractivity contribution in [3.8, 4) is 11.5 Å². The molecule has 1 aliphatic rings. The van der Waals surface area contributed by atoms with E-state index in [1.165, 1.54) is 23.0 Å². The van der Waals surface area contributed by atoms with Crippen LogP contribution in [0.5, 0.6) is 11.5 Å². The molecule has 0 saturated carbocycles. The van der Waals surface area contributed by atoms with Gasteiger partial charge in [-0.15, -0.1) is 0 Å². The highest BCUT2D eigenvalue weighted by Gasteiger charge is 2.44. The second kappa shape index (κ2) is 9.66. The number of carbonyl (C=O) groups excluding carboxylic acids is 2. The Morgan fingerprint density at radius 3 is 2.42 bits per heavy atom. The van der Waals surface area contributed by atoms with Crippen LogP contribution >= 0.6 is 0 Å². The molecule has 1 unspecified atom stereocenters. The van der Waals surface area contributed by atoms with Gasteiger partial charge in [-0.05, 0) is 37.1 Å². The number of nitrogens with zero attached hydrogens (tertiary/aromatic N) is 1. The van der Waals surface area contributed by atoms with Gasteiger partial charge >= 0.3 is 0 Å². The molecule has 0 radical (unpaired) electrons. The molecule has 2 N–H and O–H groups in total. The van der Waals surface area contributed by atoms with Crippen LogP contribution in [0, 0.1) is 0 Å². The summed E-state index contributed by atoms with van der Waals surface area (Å²) in [6.07, 6.45) is 0. The number of hydrogen-bond donors (Lipinski definition) is 2. The Kier molecular flexibility index (Phi) is 6.97. The number of likely N-dealkylation sites (tertiary alicyclic amines) is 1. The van der Waals surface area contributed by atoms with Crippen LogP contribution in [0.2, 0.25) is 0 Å². The largest absolute Gasteiger partial charge is 0.872 e. The van der Waals surface area contributed by atoms with Crippen LogP contribution in [0.3, 0.4) is 0 Å². The van der Waals surface area contributed by atoms with Gasteiger partial charge in [0, 0.05) is 5.57 Å². The summed E-state index contributed by atoms with van der Waals surface area (Å²) >= 11 is 0. The van der Waals surface area contributed by atoms with Gasteiger partial charge in [-0.1, -0.05) is 42.2 Å². The number of phenolic OH excluding ortho intramolecular Hbond substituents is 1. The van der Waals surface area contributed by atoms with Crippen LogP contribution in [0.15, 0.2) is 54.1 Å². The van der Waals surface area contributed by atoms with Crippen LogP contribution in [-0.4, -0.2) is 55.0 Å². The van der Waals surface area contributed by atoms with E-state index < -0.39 is 23.5 Å². The number of rotatable bonds is 8. The van der Waals surface area contributed by atoms with E-state index in [0.29, 0.717) is 24.2 Å². The average Bonchev–Trinajstić information content (AvgIpc) is 3.05. The number of ether oxygens (including phenoxy) is 1. The molecular weight excluding hydrogens is 396 g/mol. The molecule has 2 aromatic rings. The molecule has 2 aromatic carbocycles. The minimum atomic E-state index is -0.836. The highest BCUT2D eigenvalue weighted by atomic mass is 16.5. The van der Waals surface area contributed by atoms with Crippen molar-refractivity contribution in [2.75, 3.05) is 33.3 Å². The van der Waals surface area contributed by atoms with Crippen molar-refractivity contribution in [3.63, 3.8) is 0 Å². The number of ketones is 1. The zero-order chi connectivity index (χ0) is 22.5. The first-order chi connectivity index (χ1) is 14.9. The van der Waals surface area contributed by atoms with Gasteiger partial charge in [0.15, 0.2) is 11.5 Å². The van der Waals surface area contributed by atoms with Crippen molar-refractivity contribution in [1.82, 2.24) is 4.90 Å². The van der Waals surface area contributed by atoms with E-state index in [1.54, 1.807) is 42.5 Å². The number of quaternary nitrogens is 1. The maximum absolute atomic E-state index is 13.3. The van der Waals surface area contributed by atoms with Crippen LogP contribution in [0.1, 0.15) is 31.0 Å². The topological polar surface area (TPSA) is 94.3 Å². The molecule has 1 atom stereocenters. The fourth-order valence-corrected chi connectivity index (χ4v) is 3.94. The van der Waals surface area contributed by atoms with E-state index >= 15 is 0 Å². The Hall–Kier alpha value is -3.32.